The Morgan fingerprint density at radius 2 is 1.71 bits per heavy atom. The zero-order valence-corrected chi connectivity index (χ0v) is 12.6. The summed E-state index contributed by atoms with van der Waals surface area (Å²) in [5, 5.41) is 13.4. The summed E-state index contributed by atoms with van der Waals surface area (Å²) in [6.45, 7) is 4.58. The number of rotatable bonds is 5. The van der Waals surface area contributed by atoms with Crippen LogP contribution in [0.5, 0.6) is 0 Å². The molecule has 109 valence electrons. The fourth-order valence-electron chi connectivity index (χ4n) is 2.00. The summed E-state index contributed by atoms with van der Waals surface area (Å²) < 4.78 is 0. The maximum Gasteiger partial charge on any atom is 0.285 e. The van der Waals surface area contributed by atoms with E-state index in [0.29, 0.717) is 12.4 Å². The number of benzene rings is 2. The lowest BCUT2D eigenvalue weighted by Gasteiger charge is -2.15. The Hall–Kier alpha value is -1.97. The standard InChI is InChI=1S/C18H21N2O/c1-3-4-14-20(21)18(16-8-6-5-7-9-16)19-17-12-10-15(2)11-13-17/h5-13H,3-4,14H2,1-2H3. The highest BCUT2D eigenvalue weighted by Gasteiger charge is 2.17. The van der Waals surface area contributed by atoms with Crippen LogP contribution < -0.4 is 5.06 Å². The number of hydrogen-bond donors (Lipinski definition) is 0. The summed E-state index contributed by atoms with van der Waals surface area (Å²) >= 11 is 0. The zero-order chi connectivity index (χ0) is 15.1. The highest BCUT2D eigenvalue weighted by molar-refractivity contribution is 6.02. The van der Waals surface area contributed by atoms with E-state index in [0.717, 1.165) is 29.2 Å². The van der Waals surface area contributed by atoms with Gasteiger partial charge in [-0.1, -0.05) is 49.2 Å². The van der Waals surface area contributed by atoms with Crippen molar-refractivity contribution in [2.75, 3.05) is 6.54 Å². The first-order valence-corrected chi connectivity index (χ1v) is 7.36. The number of aliphatic imine (C=N–C) groups is 1. The fourth-order valence-corrected chi connectivity index (χ4v) is 2.00. The first-order chi connectivity index (χ1) is 10.2. The van der Waals surface area contributed by atoms with Crippen molar-refractivity contribution in [3.8, 4) is 0 Å². The Bertz CT molecular complexity index is 576. The molecule has 0 fully saturated rings. The number of aryl methyl sites for hydroxylation is 1. The molecule has 0 aromatic heterocycles. The molecule has 0 aliphatic carbocycles. The third kappa shape index (κ3) is 4.52. The van der Waals surface area contributed by atoms with E-state index in [1.165, 1.54) is 5.56 Å². The zero-order valence-electron chi connectivity index (χ0n) is 12.6. The summed E-state index contributed by atoms with van der Waals surface area (Å²) in [7, 11) is 0. The minimum absolute atomic E-state index is 0.468. The molecule has 3 heteroatoms. The van der Waals surface area contributed by atoms with Gasteiger partial charge in [-0.15, -0.1) is 5.06 Å². The van der Waals surface area contributed by atoms with Crippen LogP contribution in [0.3, 0.4) is 0 Å². The molecule has 0 saturated heterocycles. The Labute approximate surface area is 126 Å². The third-order valence-corrected chi connectivity index (χ3v) is 3.25. The van der Waals surface area contributed by atoms with Gasteiger partial charge in [-0.05, 0) is 31.2 Å². The molecule has 0 saturated carbocycles. The molecule has 2 rings (SSSR count). The minimum atomic E-state index is 0.468. The summed E-state index contributed by atoms with van der Waals surface area (Å²) in [5.41, 5.74) is 2.83. The summed E-state index contributed by atoms with van der Waals surface area (Å²) in [6, 6.07) is 17.5. The van der Waals surface area contributed by atoms with Gasteiger partial charge in [0.15, 0.2) is 0 Å². The number of hydroxylamine groups is 2. The van der Waals surface area contributed by atoms with Crippen molar-refractivity contribution in [1.29, 1.82) is 0 Å². The van der Waals surface area contributed by atoms with Crippen LogP contribution >= 0.6 is 0 Å². The molecular weight excluding hydrogens is 260 g/mol. The van der Waals surface area contributed by atoms with Crippen LogP contribution in [-0.4, -0.2) is 12.4 Å². The van der Waals surface area contributed by atoms with Gasteiger partial charge in [0.1, 0.15) is 6.54 Å². The van der Waals surface area contributed by atoms with E-state index in [2.05, 4.69) is 11.9 Å². The first-order valence-electron chi connectivity index (χ1n) is 7.36. The average molecular weight is 281 g/mol. The van der Waals surface area contributed by atoms with Gasteiger partial charge < -0.3 is 5.21 Å². The topological polar surface area (TPSA) is 41.3 Å². The van der Waals surface area contributed by atoms with Crippen LogP contribution in [0.4, 0.5) is 5.69 Å². The van der Waals surface area contributed by atoms with Crippen LogP contribution in [0.15, 0.2) is 59.6 Å². The smallest absolute Gasteiger partial charge is 0.285 e. The predicted molar refractivity (Wildman–Crippen MR) is 89.1 cm³/mol. The normalized spacial score (nSPS) is 11.9. The molecule has 0 amide bonds. The lowest BCUT2D eigenvalue weighted by molar-refractivity contribution is 0.649. The molecule has 0 spiro atoms. The Balaban J connectivity index is 2.33. The van der Waals surface area contributed by atoms with Crippen molar-refractivity contribution in [2.45, 2.75) is 26.7 Å². The maximum atomic E-state index is 12.4. The van der Waals surface area contributed by atoms with Crippen molar-refractivity contribution in [2.24, 2.45) is 4.99 Å². The van der Waals surface area contributed by atoms with Gasteiger partial charge in [0.05, 0.1) is 11.3 Å². The van der Waals surface area contributed by atoms with Crippen molar-refractivity contribution < 1.29 is 0 Å². The molecule has 0 unspecified atom stereocenters. The molecule has 0 bridgehead atoms. The van der Waals surface area contributed by atoms with Gasteiger partial charge in [-0.3, -0.25) is 0 Å². The Kier molecular flexibility index (Phi) is 5.67. The quantitative estimate of drug-likeness (QED) is 0.344. The van der Waals surface area contributed by atoms with E-state index < -0.39 is 0 Å². The van der Waals surface area contributed by atoms with Gasteiger partial charge in [-0.2, -0.15) is 4.99 Å². The van der Waals surface area contributed by atoms with E-state index in [1.807, 2.05) is 61.5 Å². The Morgan fingerprint density at radius 1 is 1.05 bits per heavy atom. The van der Waals surface area contributed by atoms with Crippen molar-refractivity contribution in [3.63, 3.8) is 0 Å². The number of hydrogen-bond acceptors (Lipinski definition) is 2. The molecular formula is C18H21N2O. The van der Waals surface area contributed by atoms with Crippen LogP contribution in [0.2, 0.25) is 0 Å². The highest BCUT2D eigenvalue weighted by atomic mass is 16.5. The molecule has 3 nitrogen and oxygen atoms in total. The van der Waals surface area contributed by atoms with E-state index in [-0.39, 0.29) is 0 Å². The molecule has 2 aromatic rings. The van der Waals surface area contributed by atoms with Crippen molar-refractivity contribution in [3.05, 3.63) is 70.9 Å². The van der Waals surface area contributed by atoms with Gasteiger partial charge in [0.2, 0.25) is 0 Å². The summed E-state index contributed by atoms with van der Waals surface area (Å²) in [6.07, 6.45) is 1.86. The molecule has 0 N–H and O–H groups in total. The lowest BCUT2D eigenvalue weighted by atomic mass is 10.2. The molecule has 21 heavy (non-hydrogen) atoms. The minimum Gasteiger partial charge on any atom is -0.575 e. The van der Waals surface area contributed by atoms with E-state index >= 15 is 0 Å². The molecule has 0 heterocycles. The number of amidine groups is 1. The van der Waals surface area contributed by atoms with Gasteiger partial charge in [0, 0.05) is 6.42 Å². The van der Waals surface area contributed by atoms with Gasteiger partial charge in [0.25, 0.3) is 5.84 Å². The fraction of sp³-hybridized carbons (Fsp3) is 0.278. The summed E-state index contributed by atoms with van der Waals surface area (Å²) in [5.74, 6) is 0.480. The largest absolute Gasteiger partial charge is 0.575 e. The van der Waals surface area contributed by atoms with Crippen LogP contribution in [0.1, 0.15) is 30.9 Å². The van der Waals surface area contributed by atoms with Crippen LogP contribution in [0, 0.1) is 12.1 Å². The van der Waals surface area contributed by atoms with Crippen molar-refractivity contribution in [1.82, 2.24) is 5.06 Å². The molecule has 1 radical (unpaired) electrons. The number of unbranched alkanes of at least 4 members (excludes halogenated alkanes) is 1. The number of nitrogens with zero attached hydrogens (tertiary/aromatic N) is 2. The third-order valence-electron chi connectivity index (χ3n) is 3.25. The second-order valence-electron chi connectivity index (χ2n) is 5.09. The monoisotopic (exact) mass is 281 g/mol. The highest BCUT2D eigenvalue weighted by Crippen LogP contribution is 2.16. The van der Waals surface area contributed by atoms with E-state index in [4.69, 9.17) is 0 Å². The van der Waals surface area contributed by atoms with E-state index in [1.54, 1.807) is 0 Å². The molecule has 0 aliphatic rings. The first kappa shape index (κ1) is 15.4. The van der Waals surface area contributed by atoms with Gasteiger partial charge in [-0.25, -0.2) is 0 Å². The molecule has 0 atom stereocenters. The van der Waals surface area contributed by atoms with E-state index in [9.17, 15) is 5.21 Å². The maximum absolute atomic E-state index is 12.4. The predicted octanol–water partition coefficient (Wildman–Crippen LogP) is 4.51. The second-order valence-corrected chi connectivity index (χ2v) is 5.09. The van der Waals surface area contributed by atoms with Crippen molar-refractivity contribution >= 4 is 11.5 Å². The average Bonchev–Trinajstić information content (AvgIpc) is 2.53. The SMILES string of the molecule is CCCC[N+]([O-])C(=Nc1ccc(C)cc1)c1ccccc1. The molecule has 2 aromatic carbocycles. The van der Waals surface area contributed by atoms with Crippen LogP contribution in [-0.2, 0) is 0 Å². The Morgan fingerprint density at radius 3 is 2.33 bits per heavy atom. The van der Waals surface area contributed by atoms with Crippen LogP contribution in [0.25, 0.3) is 0 Å². The molecule has 0 aliphatic heterocycles. The van der Waals surface area contributed by atoms with Gasteiger partial charge >= 0.3 is 0 Å². The second kappa shape index (κ2) is 7.72. The lowest BCUT2D eigenvalue weighted by Crippen LogP contribution is -2.32. The summed E-state index contributed by atoms with van der Waals surface area (Å²) in [4.78, 5) is 4.55.